The molecule has 1 N–H and O–H groups in total. The highest BCUT2D eigenvalue weighted by Crippen LogP contribution is 2.41. The van der Waals surface area contributed by atoms with E-state index in [-0.39, 0.29) is 35.3 Å². The fraction of sp³-hybridized carbons (Fsp3) is 0.407. The van der Waals surface area contributed by atoms with Gasteiger partial charge in [-0.2, -0.15) is 0 Å². The number of benzene rings is 2. The first kappa shape index (κ1) is 24.0. The fourth-order valence-corrected chi connectivity index (χ4v) is 7.12. The second-order valence-corrected chi connectivity index (χ2v) is 11.4. The highest BCUT2D eigenvalue weighted by atomic mass is 32.2. The number of aromatic nitrogens is 1. The number of para-hydroxylation sites is 1. The van der Waals surface area contributed by atoms with Crippen molar-refractivity contribution in [1.82, 2.24) is 4.98 Å². The average molecular weight is 508 g/mol. The lowest BCUT2D eigenvalue weighted by atomic mass is 9.81. The van der Waals surface area contributed by atoms with Gasteiger partial charge in [-0.15, -0.1) is 11.3 Å². The molecule has 1 saturated carbocycles. The first-order valence-electron chi connectivity index (χ1n) is 12.3. The predicted molar refractivity (Wildman–Crippen MR) is 142 cm³/mol. The van der Waals surface area contributed by atoms with Crippen LogP contribution >= 0.6 is 23.1 Å². The van der Waals surface area contributed by atoms with Crippen LogP contribution in [0.15, 0.2) is 40.7 Å². The molecule has 2 aromatic carbocycles. The molecule has 6 nitrogen and oxygen atoms in total. The van der Waals surface area contributed by atoms with Crippen LogP contribution in [0.4, 0.5) is 11.4 Å². The Morgan fingerprint density at radius 2 is 1.71 bits per heavy atom. The third kappa shape index (κ3) is 4.61. The van der Waals surface area contributed by atoms with Crippen molar-refractivity contribution in [1.29, 1.82) is 0 Å². The highest BCUT2D eigenvalue weighted by Gasteiger charge is 2.48. The average Bonchev–Trinajstić information content (AvgIpc) is 3.40. The van der Waals surface area contributed by atoms with Crippen molar-refractivity contribution in [2.75, 3.05) is 16.0 Å². The molecular weight excluding hydrogens is 478 g/mol. The zero-order valence-electron chi connectivity index (χ0n) is 20.0. The van der Waals surface area contributed by atoms with Gasteiger partial charge in [0.05, 0.1) is 33.5 Å². The zero-order chi connectivity index (χ0) is 24.5. The van der Waals surface area contributed by atoms with Crippen LogP contribution in [0.3, 0.4) is 0 Å². The maximum Gasteiger partial charge on any atom is 0.237 e. The van der Waals surface area contributed by atoms with E-state index in [4.69, 9.17) is 0 Å². The normalized spacial score (nSPS) is 19.9. The number of anilines is 2. The van der Waals surface area contributed by atoms with Crippen LogP contribution in [-0.2, 0) is 27.2 Å². The van der Waals surface area contributed by atoms with E-state index >= 15 is 0 Å². The van der Waals surface area contributed by atoms with Crippen LogP contribution in [0.5, 0.6) is 0 Å². The third-order valence-electron chi connectivity index (χ3n) is 7.04. The molecule has 0 spiro atoms. The molecule has 1 aliphatic carbocycles. The maximum absolute atomic E-state index is 13.0. The number of carbonyl (C=O) groups is 3. The summed E-state index contributed by atoms with van der Waals surface area (Å²) < 4.78 is 1.70. The number of rotatable bonds is 7. The SMILES string of the molecule is CCc1cccc(CC)c1NC(=O)CSc1nc2ccc(N3C(=O)[C@H]4CCCC[C@H]4C3=O)cc2s1. The van der Waals surface area contributed by atoms with E-state index in [1.165, 1.54) is 28.0 Å². The molecule has 1 aliphatic heterocycles. The Morgan fingerprint density at radius 1 is 1.06 bits per heavy atom. The first-order chi connectivity index (χ1) is 17.0. The smallest absolute Gasteiger partial charge is 0.237 e. The van der Waals surface area contributed by atoms with Gasteiger partial charge in [0.1, 0.15) is 0 Å². The van der Waals surface area contributed by atoms with Gasteiger partial charge in [-0.3, -0.25) is 19.3 Å². The number of thiazole rings is 1. The second kappa shape index (κ2) is 10.1. The van der Waals surface area contributed by atoms with Gasteiger partial charge in [-0.25, -0.2) is 4.98 Å². The summed E-state index contributed by atoms with van der Waals surface area (Å²) in [5.41, 5.74) is 4.64. The molecule has 0 bridgehead atoms. The lowest BCUT2D eigenvalue weighted by Gasteiger charge is -2.19. The molecule has 0 radical (unpaired) electrons. The molecule has 2 aliphatic rings. The van der Waals surface area contributed by atoms with Crippen molar-refractivity contribution >= 4 is 62.4 Å². The number of thioether (sulfide) groups is 1. The Hall–Kier alpha value is -2.71. The molecule has 35 heavy (non-hydrogen) atoms. The van der Waals surface area contributed by atoms with E-state index in [0.717, 1.165) is 69.9 Å². The van der Waals surface area contributed by atoms with E-state index < -0.39 is 0 Å². The molecule has 1 saturated heterocycles. The van der Waals surface area contributed by atoms with E-state index in [1.54, 1.807) is 0 Å². The highest BCUT2D eigenvalue weighted by molar-refractivity contribution is 8.01. The molecule has 8 heteroatoms. The molecule has 2 atom stereocenters. The Bertz CT molecular complexity index is 1260. The van der Waals surface area contributed by atoms with Crippen molar-refractivity contribution < 1.29 is 14.4 Å². The molecular formula is C27H29N3O3S2. The van der Waals surface area contributed by atoms with Crippen molar-refractivity contribution in [3.8, 4) is 0 Å². The number of amides is 3. The third-order valence-corrected chi connectivity index (χ3v) is 9.20. The van der Waals surface area contributed by atoms with Crippen LogP contribution in [-0.4, -0.2) is 28.5 Å². The molecule has 3 amide bonds. The van der Waals surface area contributed by atoms with E-state index in [1.807, 2.05) is 24.3 Å². The largest absolute Gasteiger partial charge is 0.325 e. The number of hydrogen-bond donors (Lipinski definition) is 1. The fourth-order valence-electron chi connectivity index (χ4n) is 5.22. The topological polar surface area (TPSA) is 79.4 Å². The lowest BCUT2D eigenvalue weighted by Crippen LogP contribution is -2.30. The van der Waals surface area contributed by atoms with Crippen LogP contribution < -0.4 is 10.2 Å². The molecule has 3 aromatic rings. The summed E-state index contributed by atoms with van der Waals surface area (Å²) in [6.07, 6.45) is 5.36. The van der Waals surface area contributed by atoms with Gasteiger partial charge in [0.2, 0.25) is 17.7 Å². The van der Waals surface area contributed by atoms with Gasteiger partial charge < -0.3 is 5.32 Å². The van der Waals surface area contributed by atoms with Crippen molar-refractivity contribution in [2.24, 2.45) is 11.8 Å². The lowest BCUT2D eigenvalue weighted by molar-refractivity contribution is -0.122. The summed E-state index contributed by atoms with van der Waals surface area (Å²) >= 11 is 2.89. The summed E-state index contributed by atoms with van der Waals surface area (Å²) in [5, 5.41) is 3.10. The van der Waals surface area contributed by atoms with Crippen molar-refractivity contribution in [3.63, 3.8) is 0 Å². The quantitative estimate of drug-likeness (QED) is 0.321. The van der Waals surface area contributed by atoms with Gasteiger partial charge >= 0.3 is 0 Å². The molecule has 2 fully saturated rings. The molecule has 0 unspecified atom stereocenters. The number of aryl methyl sites for hydroxylation is 2. The summed E-state index contributed by atoms with van der Waals surface area (Å²) in [4.78, 5) is 44.7. The molecule has 2 heterocycles. The number of nitrogens with zero attached hydrogens (tertiary/aromatic N) is 2. The maximum atomic E-state index is 13.0. The Kier molecular flexibility index (Phi) is 6.93. The van der Waals surface area contributed by atoms with Crippen LogP contribution in [0.1, 0.15) is 50.7 Å². The molecule has 5 rings (SSSR count). The summed E-state index contributed by atoms with van der Waals surface area (Å²) in [5.74, 6) is -0.239. The first-order valence-corrected chi connectivity index (χ1v) is 14.1. The Balaban J connectivity index is 1.29. The van der Waals surface area contributed by atoms with Crippen molar-refractivity contribution in [3.05, 3.63) is 47.5 Å². The van der Waals surface area contributed by atoms with Crippen LogP contribution in [0, 0.1) is 11.8 Å². The minimum Gasteiger partial charge on any atom is -0.325 e. The number of nitrogens with one attached hydrogen (secondary N) is 1. The van der Waals surface area contributed by atoms with Crippen LogP contribution in [0.25, 0.3) is 10.2 Å². The standard InChI is InChI=1S/C27H29N3O3S2/c1-3-16-8-7-9-17(4-2)24(16)29-23(31)15-34-27-28-21-13-12-18(14-22(21)35-27)30-25(32)19-10-5-6-11-20(19)26(30)33/h7-9,12-14,19-20H,3-6,10-11,15H2,1-2H3,(H,29,31)/t19-,20+. The van der Waals surface area contributed by atoms with E-state index in [0.29, 0.717) is 5.69 Å². The van der Waals surface area contributed by atoms with Gasteiger partial charge in [0.15, 0.2) is 4.34 Å². The minimum atomic E-state index is -0.163. The number of fused-ring (bicyclic) bond motifs is 2. The van der Waals surface area contributed by atoms with Gasteiger partial charge in [-0.05, 0) is 55.0 Å². The zero-order valence-corrected chi connectivity index (χ0v) is 21.6. The second-order valence-electron chi connectivity index (χ2n) is 9.14. The monoisotopic (exact) mass is 507 g/mol. The van der Waals surface area contributed by atoms with E-state index in [2.05, 4.69) is 36.3 Å². The van der Waals surface area contributed by atoms with Gasteiger partial charge in [-0.1, -0.05) is 56.7 Å². The predicted octanol–water partition coefficient (Wildman–Crippen LogP) is 5.83. The summed E-state index contributed by atoms with van der Waals surface area (Å²) in [6, 6.07) is 11.7. The summed E-state index contributed by atoms with van der Waals surface area (Å²) in [6.45, 7) is 4.18. The number of imide groups is 1. The molecule has 182 valence electrons. The van der Waals surface area contributed by atoms with E-state index in [9.17, 15) is 14.4 Å². The summed E-state index contributed by atoms with van der Waals surface area (Å²) in [7, 11) is 0. The Morgan fingerprint density at radius 3 is 2.34 bits per heavy atom. The number of hydrogen-bond acceptors (Lipinski definition) is 6. The Labute approximate surface area is 213 Å². The number of carbonyl (C=O) groups excluding carboxylic acids is 3. The van der Waals surface area contributed by atoms with Gasteiger partial charge in [0.25, 0.3) is 0 Å². The van der Waals surface area contributed by atoms with Gasteiger partial charge in [0, 0.05) is 5.69 Å². The van der Waals surface area contributed by atoms with Crippen molar-refractivity contribution in [2.45, 2.75) is 56.7 Å². The van der Waals surface area contributed by atoms with Crippen LogP contribution in [0.2, 0.25) is 0 Å². The molecule has 1 aromatic heterocycles. The minimum absolute atomic E-state index is 0.0542.